The number of rotatable bonds is 5. The fraction of sp³-hybridized carbons (Fsp3) is 0.455. The van der Waals surface area contributed by atoms with E-state index in [9.17, 15) is 18.0 Å². The summed E-state index contributed by atoms with van der Waals surface area (Å²) in [7, 11) is -3.80. The minimum atomic E-state index is -3.80. The molecule has 1 aliphatic heterocycles. The summed E-state index contributed by atoms with van der Waals surface area (Å²) in [4.78, 5) is 27.8. The summed E-state index contributed by atoms with van der Waals surface area (Å²) in [6.45, 7) is 5.58. The van der Waals surface area contributed by atoms with E-state index in [-0.39, 0.29) is 0 Å². The van der Waals surface area contributed by atoms with Crippen molar-refractivity contribution in [2.75, 3.05) is 32.6 Å². The summed E-state index contributed by atoms with van der Waals surface area (Å²) >= 11 is 0. The van der Waals surface area contributed by atoms with E-state index in [2.05, 4.69) is 16.3 Å². The van der Waals surface area contributed by atoms with Crippen LogP contribution in [-0.4, -0.2) is 68.2 Å². The lowest BCUT2D eigenvalue weighted by Crippen LogP contribution is -2.49. The molecule has 2 aliphatic rings. The minimum Gasteiger partial charge on any atom is -0.378 e. The van der Waals surface area contributed by atoms with E-state index < -0.39 is 28.0 Å². The van der Waals surface area contributed by atoms with Crippen LogP contribution < -0.4 is 5.32 Å². The van der Waals surface area contributed by atoms with Crippen LogP contribution in [0.5, 0.6) is 0 Å². The first kappa shape index (κ1) is 23.0. The molecule has 3 rings (SSSR count). The number of nitrogens with one attached hydrogen (secondary N) is 1. The molecule has 0 unspecified atom stereocenters. The highest BCUT2D eigenvalue weighted by molar-refractivity contribution is 7.88. The number of sulfonamides is 1. The van der Waals surface area contributed by atoms with Crippen LogP contribution in [0.25, 0.3) is 6.08 Å². The van der Waals surface area contributed by atoms with Crippen molar-refractivity contribution >= 4 is 28.0 Å². The summed E-state index contributed by atoms with van der Waals surface area (Å²) in [6.07, 6.45) is 4.15. The molecular weight excluding hydrogens is 418 g/mol. The lowest BCUT2D eigenvalue weighted by atomic mass is 10.1. The number of amides is 3. The molecule has 0 saturated carbocycles. The summed E-state index contributed by atoms with van der Waals surface area (Å²) in [5.41, 5.74) is 3.36. The molecule has 1 aromatic rings. The first-order valence-corrected chi connectivity index (χ1v) is 12.2. The van der Waals surface area contributed by atoms with Crippen molar-refractivity contribution in [1.82, 2.24) is 14.5 Å². The standard InChI is InChI=1S/C22H29N3O5S/c1-16(2)25(31(3,28)29)22(27)23-21(26)19-10-9-18(15-17-7-5-4-6-8-17)20(19)24-11-13-30-14-12-24/h4-8,15-16H,9-14H2,1-3H3,(H,23,26,27)/b18-15-. The number of nitrogens with zero attached hydrogens (tertiary/aromatic N) is 2. The number of allylic oxidation sites excluding steroid dienone is 1. The number of carbonyl (C=O) groups excluding carboxylic acids is 2. The smallest absolute Gasteiger partial charge is 0.338 e. The average Bonchev–Trinajstić information content (AvgIpc) is 3.11. The molecule has 1 fully saturated rings. The molecule has 1 saturated heterocycles. The van der Waals surface area contributed by atoms with Gasteiger partial charge in [-0.25, -0.2) is 17.5 Å². The Labute approximate surface area is 183 Å². The van der Waals surface area contributed by atoms with Gasteiger partial charge < -0.3 is 9.64 Å². The van der Waals surface area contributed by atoms with E-state index in [0.29, 0.717) is 49.0 Å². The van der Waals surface area contributed by atoms with E-state index in [1.54, 1.807) is 13.8 Å². The zero-order valence-electron chi connectivity index (χ0n) is 18.1. The number of urea groups is 1. The zero-order valence-corrected chi connectivity index (χ0v) is 18.9. The highest BCUT2D eigenvalue weighted by Gasteiger charge is 2.33. The van der Waals surface area contributed by atoms with Gasteiger partial charge in [0.05, 0.1) is 19.5 Å². The minimum absolute atomic E-state index is 0.477. The number of imide groups is 1. The summed E-state index contributed by atoms with van der Waals surface area (Å²) < 4.78 is 30.1. The number of hydrogen-bond donors (Lipinski definition) is 1. The second kappa shape index (κ2) is 9.65. The van der Waals surface area contributed by atoms with Crippen molar-refractivity contribution in [2.24, 2.45) is 0 Å². The number of hydrogen-bond acceptors (Lipinski definition) is 6. The predicted molar refractivity (Wildman–Crippen MR) is 118 cm³/mol. The van der Waals surface area contributed by atoms with Gasteiger partial charge in [0.2, 0.25) is 10.0 Å². The predicted octanol–water partition coefficient (Wildman–Crippen LogP) is 2.36. The Hall–Kier alpha value is -2.65. The van der Waals surface area contributed by atoms with Crippen molar-refractivity contribution in [3.63, 3.8) is 0 Å². The van der Waals surface area contributed by atoms with Crippen LogP contribution in [0.3, 0.4) is 0 Å². The van der Waals surface area contributed by atoms with Crippen LogP contribution in [0.1, 0.15) is 32.3 Å². The van der Waals surface area contributed by atoms with E-state index >= 15 is 0 Å². The van der Waals surface area contributed by atoms with Crippen LogP contribution in [0.4, 0.5) is 4.79 Å². The third-order valence-electron chi connectivity index (χ3n) is 5.22. The zero-order chi connectivity index (χ0) is 22.6. The van der Waals surface area contributed by atoms with Crippen LogP contribution >= 0.6 is 0 Å². The number of ether oxygens (including phenoxy) is 1. The van der Waals surface area contributed by atoms with Gasteiger partial charge in [-0.2, -0.15) is 0 Å². The van der Waals surface area contributed by atoms with Crippen molar-refractivity contribution in [1.29, 1.82) is 0 Å². The third-order valence-corrected chi connectivity index (χ3v) is 6.53. The Balaban J connectivity index is 1.93. The lowest BCUT2D eigenvalue weighted by Gasteiger charge is -2.31. The maximum Gasteiger partial charge on any atom is 0.338 e. The quantitative estimate of drug-likeness (QED) is 0.744. The van der Waals surface area contributed by atoms with Crippen molar-refractivity contribution in [3.05, 3.63) is 52.7 Å². The maximum atomic E-state index is 13.1. The molecule has 0 radical (unpaired) electrons. The van der Waals surface area contributed by atoms with Gasteiger partial charge in [0.15, 0.2) is 0 Å². The van der Waals surface area contributed by atoms with E-state index in [0.717, 1.165) is 23.1 Å². The van der Waals surface area contributed by atoms with Crippen molar-refractivity contribution < 1.29 is 22.7 Å². The molecular formula is C22H29N3O5S. The van der Waals surface area contributed by atoms with E-state index in [1.807, 2.05) is 30.3 Å². The Morgan fingerprint density at radius 2 is 1.77 bits per heavy atom. The number of carbonyl (C=O) groups is 2. The van der Waals surface area contributed by atoms with Gasteiger partial charge in [-0.1, -0.05) is 30.3 Å². The van der Waals surface area contributed by atoms with Crippen molar-refractivity contribution in [2.45, 2.75) is 32.7 Å². The average molecular weight is 448 g/mol. The Bertz CT molecular complexity index is 993. The summed E-state index contributed by atoms with van der Waals surface area (Å²) in [5.74, 6) is -0.558. The molecule has 31 heavy (non-hydrogen) atoms. The Morgan fingerprint density at radius 3 is 2.35 bits per heavy atom. The molecule has 8 nitrogen and oxygen atoms in total. The van der Waals surface area contributed by atoms with Crippen LogP contribution in [0.15, 0.2) is 47.2 Å². The van der Waals surface area contributed by atoms with Gasteiger partial charge in [0, 0.05) is 30.4 Å². The molecule has 3 amide bonds. The highest BCUT2D eigenvalue weighted by Crippen LogP contribution is 2.36. The van der Waals surface area contributed by atoms with Crippen LogP contribution in [0, 0.1) is 0 Å². The molecule has 0 aromatic heterocycles. The molecule has 0 atom stereocenters. The van der Waals surface area contributed by atoms with Gasteiger partial charge in [-0.3, -0.25) is 10.1 Å². The number of morpholine rings is 1. The number of benzene rings is 1. The van der Waals surface area contributed by atoms with Gasteiger partial charge in [-0.15, -0.1) is 0 Å². The van der Waals surface area contributed by atoms with Gasteiger partial charge in [0.25, 0.3) is 5.91 Å². The molecule has 1 aliphatic carbocycles. The first-order valence-electron chi connectivity index (χ1n) is 10.3. The maximum absolute atomic E-state index is 13.1. The second-order valence-electron chi connectivity index (χ2n) is 7.92. The highest BCUT2D eigenvalue weighted by atomic mass is 32.2. The summed E-state index contributed by atoms with van der Waals surface area (Å²) in [5, 5.41) is 2.29. The summed E-state index contributed by atoms with van der Waals surface area (Å²) in [6, 6.07) is 8.32. The fourth-order valence-electron chi connectivity index (χ4n) is 3.98. The fourth-order valence-corrected chi connectivity index (χ4v) is 5.09. The molecule has 9 heteroatoms. The van der Waals surface area contributed by atoms with Gasteiger partial charge in [-0.05, 0) is 43.9 Å². The lowest BCUT2D eigenvalue weighted by molar-refractivity contribution is -0.116. The van der Waals surface area contributed by atoms with E-state index in [1.165, 1.54) is 0 Å². The molecule has 1 heterocycles. The molecule has 0 bridgehead atoms. The van der Waals surface area contributed by atoms with Crippen molar-refractivity contribution in [3.8, 4) is 0 Å². The second-order valence-corrected chi connectivity index (χ2v) is 9.78. The Morgan fingerprint density at radius 1 is 1.13 bits per heavy atom. The monoisotopic (exact) mass is 447 g/mol. The van der Waals surface area contributed by atoms with Gasteiger partial charge >= 0.3 is 6.03 Å². The SMILES string of the molecule is CC(C)N(C(=O)NC(=O)C1=C(N2CCOCC2)/C(=C\c2ccccc2)CC1)S(C)(=O)=O. The first-order chi connectivity index (χ1) is 14.7. The normalized spacial score (nSPS) is 18.6. The van der Waals surface area contributed by atoms with Gasteiger partial charge in [0.1, 0.15) is 0 Å². The topological polar surface area (TPSA) is 96.0 Å². The largest absolute Gasteiger partial charge is 0.378 e. The molecule has 0 spiro atoms. The molecule has 1 aromatic carbocycles. The third kappa shape index (κ3) is 5.54. The Kier molecular flexibility index (Phi) is 7.17. The van der Waals surface area contributed by atoms with Crippen LogP contribution in [0.2, 0.25) is 0 Å². The molecule has 168 valence electrons. The van der Waals surface area contributed by atoms with E-state index in [4.69, 9.17) is 4.74 Å². The molecule has 1 N–H and O–H groups in total. The van der Waals surface area contributed by atoms with Crippen LogP contribution in [-0.2, 0) is 19.6 Å².